The van der Waals surface area contributed by atoms with Gasteiger partial charge in [-0.1, -0.05) is 13.8 Å². The summed E-state index contributed by atoms with van der Waals surface area (Å²) in [6.07, 6.45) is -9.82. The molecular weight excluding hydrogens is 338 g/mol. The molecule has 0 bridgehead atoms. The third-order valence-corrected chi connectivity index (χ3v) is 3.37. The van der Waals surface area contributed by atoms with Crippen LogP contribution in [0.25, 0.3) is 0 Å². The third-order valence-electron chi connectivity index (χ3n) is 3.37. The molecule has 0 aliphatic heterocycles. The zero-order chi connectivity index (χ0) is 18.7. The zero-order valence-electron chi connectivity index (χ0n) is 13.3. The summed E-state index contributed by atoms with van der Waals surface area (Å²) in [5.74, 6) is -0.597. The van der Waals surface area contributed by atoms with E-state index in [0.717, 1.165) is 0 Å². The van der Waals surface area contributed by atoms with E-state index in [1.807, 2.05) is 0 Å². The van der Waals surface area contributed by atoms with Crippen LogP contribution in [-0.4, -0.2) is 19.0 Å². The quantitative estimate of drug-likeness (QED) is 0.792. The van der Waals surface area contributed by atoms with Crippen LogP contribution in [0.2, 0.25) is 0 Å². The van der Waals surface area contributed by atoms with Gasteiger partial charge >= 0.3 is 12.4 Å². The van der Waals surface area contributed by atoms with Gasteiger partial charge in [-0.2, -0.15) is 26.3 Å². The second kappa shape index (κ2) is 7.42. The maximum atomic E-state index is 12.8. The number of benzene rings is 1. The van der Waals surface area contributed by atoms with Gasteiger partial charge in [0.05, 0.1) is 17.2 Å². The lowest BCUT2D eigenvalue weighted by Crippen LogP contribution is -2.45. The van der Waals surface area contributed by atoms with Crippen LogP contribution in [0, 0.1) is 5.92 Å². The maximum absolute atomic E-state index is 12.8. The summed E-state index contributed by atoms with van der Waals surface area (Å²) in [5, 5.41) is 5.09. The topological polar surface area (TPSA) is 41.1 Å². The standard InChI is InChI=1S/C15H18F6N2O/c1-8(2)12(22-3)13(24)23-7-9-4-10(14(16,17)18)6-11(5-9)15(19,20)21/h4-6,8,12,22H,7H2,1-3H3,(H,23,24). The van der Waals surface area contributed by atoms with Crippen LogP contribution in [0.15, 0.2) is 18.2 Å². The highest BCUT2D eigenvalue weighted by Gasteiger charge is 2.36. The summed E-state index contributed by atoms with van der Waals surface area (Å²) in [6, 6.07) is 0.645. The van der Waals surface area contributed by atoms with Crippen molar-refractivity contribution >= 4 is 5.91 Å². The normalized spacial score (nSPS) is 13.9. The van der Waals surface area contributed by atoms with Gasteiger partial charge in [0.15, 0.2) is 0 Å². The zero-order valence-corrected chi connectivity index (χ0v) is 13.3. The van der Waals surface area contributed by atoms with E-state index in [2.05, 4.69) is 10.6 Å². The van der Waals surface area contributed by atoms with E-state index < -0.39 is 42.0 Å². The van der Waals surface area contributed by atoms with Crippen LogP contribution in [-0.2, 0) is 23.7 Å². The summed E-state index contributed by atoms with van der Waals surface area (Å²) in [7, 11) is 1.54. The largest absolute Gasteiger partial charge is 0.416 e. The fraction of sp³-hybridized carbons (Fsp3) is 0.533. The first kappa shape index (κ1) is 20.3. The second-order valence-corrected chi connectivity index (χ2v) is 5.64. The lowest BCUT2D eigenvalue weighted by Gasteiger charge is -2.20. The Kier molecular flexibility index (Phi) is 6.26. The Morgan fingerprint density at radius 2 is 1.46 bits per heavy atom. The van der Waals surface area contributed by atoms with Crippen LogP contribution in [0.5, 0.6) is 0 Å². The molecule has 0 saturated carbocycles. The van der Waals surface area contributed by atoms with Crippen molar-refractivity contribution in [2.24, 2.45) is 5.92 Å². The molecule has 0 aliphatic rings. The number of alkyl halides is 6. The summed E-state index contributed by atoms with van der Waals surface area (Å²) < 4.78 is 76.6. The molecule has 9 heteroatoms. The summed E-state index contributed by atoms with van der Waals surface area (Å²) in [4.78, 5) is 11.9. The van der Waals surface area contributed by atoms with Crippen molar-refractivity contribution in [3.8, 4) is 0 Å². The van der Waals surface area contributed by atoms with E-state index in [0.29, 0.717) is 12.1 Å². The molecule has 1 rings (SSSR count). The van der Waals surface area contributed by atoms with Crippen molar-refractivity contribution in [1.82, 2.24) is 10.6 Å². The van der Waals surface area contributed by atoms with Gasteiger partial charge in [0.1, 0.15) is 0 Å². The molecule has 1 unspecified atom stereocenters. The van der Waals surface area contributed by atoms with E-state index in [1.165, 1.54) is 7.05 Å². The van der Waals surface area contributed by atoms with E-state index >= 15 is 0 Å². The molecule has 1 amide bonds. The Hall–Kier alpha value is -1.77. The van der Waals surface area contributed by atoms with Gasteiger partial charge in [-0.3, -0.25) is 4.79 Å². The Bertz CT molecular complexity index is 548. The van der Waals surface area contributed by atoms with Gasteiger partial charge in [0, 0.05) is 6.54 Å². The van der Waals surface area contributed by atoms with E-state index in [1.54, 1.807) is 13.8 Å². The number of likely N-dealkylation sites (N-methyl/N-ethyl adjacent to an activating group) is 1. The number of hydrogen-bond acceptors (Lipinski definition) is 2. The molecular formula is C15H18F6N2O. The number of rotatable bonds is 5. The van der Waals surface area contributed by atoms with Crippen molar-refractivity contribution in [3.05, 3.63) is 34.9 Å². The summed E-state index contributed by atoms with van der Waals surface area (Å²) in [6.45, 7) is 3.08. The first-order chi connectivity index (χ1) is 10.9. The molecule has 2 N–H and O–H groups in total. The molecule has 0 spiro atoms. The Morgan fingerprint density at radius 3 is 1.79 bits per heavy atom. The molecule has 0 fully saturated rings. The minimum Gasteiger partial charge on any atom is -0.351 e. The summed E-state index contributed by atoms with van der Waals surface area (Å²) >= 11 is 0. The van der Waals surface area contributed by atoms with Crippen LogP contribution >= 0.6 is 0 Å². The average molecular weight is 356 g/mol. The van der Waals surface area contributed by atoms with Gasteiger partial charge in [0.25, 0.3) is 0 Å². The molecule has 0 aliphatic carbocycles. The predicted molar refractivity (Wildman–Crippen MR) is 76.0 cm³/mol. The molecule has 1 atom stereocenters. The van der Waals surface area contributed by atoms with Crippen LogP contribution < -0.4 is 10.6 Å². The van der Waals surface area contributed by atoms with Crippen LogP contribution in [0.1, 0.15) is 30.5 Å². The van der Waals surface area contributed by atoms with Gasteiger partial charge in [-0.25, -0.2) is 0 Å². The van der Waals surface area contributed by atoms with E-state index in [4.69, 9.17) is 0 Å². The molecule has 1 aromatic rings. The number of carbonyl (C=O) groups is 1. The molecule has 0 radical (unpaired) electrons. The minimum absolute atomic E-state index is 0.0514. The van der Waals surface area contributed by atoms with Crippen LogP contribution in [0.4, 0.5) is 26.3 Å². The fourth-order valence-corrected chi connectivity index (χ4v) is 2.19. The van der Waals surface area contributed by atoms with Crippen molar-refractivity contribution in [2.45, 2.75) is 38.8 Å². The van der Waals surface area contributed by atoms with Crippen molar-refractivity contribution in [3.63, 3.8) is 0 Å². The predicted octanol–water partition coefficient (Wildman–Crippen LogP) is 3.58. The van der Waals surface area contributed by atoms with Crippen LogP contribution in [0.3, 0.4) is 0 Å². The molecule has 136 valence electrons. The highest BCUT2D eigenvalue weighted by atomic mass is 19.4. The number of amides is 1. The highest BCUT2D eigenvalue weighted by molar-refractivity contribution is 5.81. The first-order valence-corrected chi connectivity index (χ1v) is 7.09. The SMILES string of the molecule is CNC(C(=O)NCc1cc(C(F)(F)F)cc(C(F)(F)F)c1)C(C)C. The van der Waals surface area contributed by atoms with E-state index in [-0.39, 0.29) is 17.5 Å². The second-order valence-electron chi connectivity index (χ2n) is 5.64. The van der Waals surface area contributed by atoms with Crippen molar-refractivity contribution in [1.29, 1.82) is 0 Å². The van der Waals surface area contributed by atoms with Crippen molar-refractivity contribution in [2.75, 3.05) is 7.05 Å². The average Bonchev–Trinajstić information content (AvgIpc) is 2.43. The number of nitrogens with one attached hydrogen (secondary N) is 2. The van der Waals surface area contributed by atoms with Gasteiger partial charge in [-0.05, 0) is 36.7 Å². The Balaban J connectivity index is 3.05. The van der Waals surface area contributed by atoms with Gasteiger partial charge in [-0.15, -0.1) is 0 Å². The number of halogens is 6. The number of carbonyl (C=O) groups excluding carboxylic acids is 1. The highest BCUT2D eigenvalue weighted by Crippen LogP contribution is 2.36. The molecule has 24 heavy (non-hydrogen) atoms. The molecule has 0 heterocycles. The molecule has 3 nitrogen and oxygen atoms in total. The van der Waals surface area contributed by atoms with E-state index in [9.17, 15) is 31.1 Å². The van der Waals surface area contributed by atoms with Gasteiger partial charge < -0.3 is 10.6 Å². The van der Waals surface area contributed by atoms with Gasteiger partial charge in [0.2, 0.25) is 5.91 Å². The Labute approximate surface area is 135 Å². The first-order valence-electron chi connectivity index (χ1n) is 7.09. The lowest BCUT2D eigenvalue weighted by atomic mass is 10.0. The third kappa shape index (κ3) is 5.40. The lowest BCUT2D eigenvalue weighted by molar-refractivity contribution is -0.143. The smallest absolute Gasteiger partial charge is 0.351 e. The molecule has 0 aromatic heterocycles. The van der Waals surface area contributed by atoms with Crippen molar-refractivity contribution < 1.29 is 31.1 Å². The molecule has 0 saturated heterocycles. The maximum Gasteiger partial charge on any atom is 0.416 e. The number of hydrogen-bond donors (Lipinski definition) is 2. The molecule has 1 aromatic carbocycles. The monoisotopic (exact) mass is 356 g/mol. The summed E-state index contributed by atoms with van der Waals surface area (Å²) in [5.41, 5.74) is -3.09. The minimum atomic E-state index is -4.91. The fourth-order valence-electron chi connectivity index (χ4n) is 2.19. The Morgan fingerprint density at radius 1 is 1.00 bits per heavy atom.